The molecule has 0 aromatic heterocycles. The number of hydrogen-bond acceptors (Lipinski definition) is 5. The molecular formula is C29H24F3N3O3S. The van der Waals surface area contributed by atoms with Crippen LogP contribution in [-0.4, -0.2) is 24.2 Å². The fourth-order valence-corrected chi connectivity index (χ4v) is 5.43. The Morgan fingerprint density at radius 3 is 2.44 bits per heavy atom. The van der Waals surface area contributed by atoms with Gasteiger partial charge in [-0.05, 0) is 54.3 Å². The molecule has 3 aromatic carbocycles. The van der Waals surface area contributed by atoms with Crippen LogP contribution in [0.3, 0.4) is 0 Å². The van der Waals surface area contributed by atoms with E-state index in [0.29, 0.717) is 22.7 Å². The van der Waals surface area contributed by atoms with Crippen LogP contribution < -0.4 is 15.0 Å². The summed E-state index contributed by atoms with van der Waals surface area (Å²) < 4.78 is 45.1. The van der Waals surface area contributed by atoms with E-state index in [2.05, 4.69) is 5.32 Å². The molecule has 0 bridgehead atoms. The SMILES string of the molecule is CCc1ccc(N2C(=O)C(Cc3cccc(C(F)(F)F)c3)S/C2=C(/C#N)C(=O)Nc2ccccc2OC)cc1. The van der Waals surface area contributed by atoms with Gasteiger partial charge in [-0.1, -0.05) is 61.2 Å². The number of thioether (sulfide) groups is 1. The number of nitrogens with zero attached hydrogens (tertiary/aromatic N) is 2. The van der Waals surface area contributed by atoms with E-state index in [1.54, 1.807) is 36.4 Å². The molecule has 10 heteroatoms. The highest BCUT2D eigenvalue weighted by Gasteiger charge is 2.41. The molecular weight excluding hydrogens is 527 g/mol. The van der Waals surface area contributed by atoms with Crippen LogP contribution in [0, 0.1) is 11.3 Å². The van der Waals surface area contributed by atoms with Gasteiger partial charge >= 0.3 is 6.18 Å². The van der Waals surface area contributed by atoms with E-state index in [-0.39, 0.29) is 17.0 Å². The number of halogens is 3. The first-order chi connectivity index (χ1) is 18.7. The average Bonchev–Trinajstić information content (AvgIpc) is 3.24. The quantitative estimate of drug-likeness (QED) is 0.274. The number of rotatable bonds is 7. The maximum absolute atomic E-state index is 13.6. The van der Waals surface area contributed by atoms with Gasteiger partial charge in [-0.2, -0.15) is 18.4 Å². The molecule has 1 atom stereocenters. The molecule has 0 radical (unpaired) electrons. The fourth-order valence-electron chi connectivity index (χ4n) is 4.12. The van der Waals surface area contributed by atoms with Crippen molar-refractivity contribution >= 4 is 35.0 Å². The molecule has 0 spiro atoms. The minimum atomic E-state index is -4.52. The lowest BCUT2D eigenvalue weighted by Gasteiger charge is -2.19. The number of alkyl halides is 3. The lowest BCUT2D eigenvalue weighted by molar-refractivity contribution is -0.137. The third-order valence-electron chi connectivity index (χ3n) is 6.14. The number of amides is 2. The average molecular weight is 552 g/mol. The van der Waals surface area contributed by atoms with Crippen LogP contribution >= 0.6 is 11.8 Å². The molecule has 0 saturated carbocycles. The summed E-state index contributed by atoms with van der Waals surface area (Å²) in [7, 11) is 1.44. The topological polar surface area (TPSA) is 82.4 Å². The lowest BCUT2D eigenvalue weighted by atomic mass is 10.0. The number of nitrogens with one attached hydrogen (secondary N) is 1. The highest BCUT2D eigenvalue weighted by atomic mass is 32.2. The Hall–Kier alpha value is -4.23. The van der Waals surface area contributed by atoms with Gasteiger partial charge in [0.15, 0.2) is 0 Å². The lowest BCUT2D eigenvalue weighted by Crippen LogP contribution is -2.31. The molecule has 1 aliphatic rings. The van der Waals surface area contributed by atoms with Crippen molar-refractivity contribution in [2.45, 2.75) is 31.2 Å². The minimum Gasteiger partial charge on any atom is -0.495 e. The second-order valence-corrected chi connectivity index (χ2v) is 9.84. The van der Waals surface area contributed by atoms with Crippen LogP contribution in [0.2, 0.25) is 0 Å². The second-order valence-electron chi connectivity index (χ2n) is 8.65. The van der Waals surface area contributed by atoms with Crippen molar-refractivity contribution in [1.29, 1.82) is 5.26 Å². The molecule has 1 unspecified atom stereocenters. The van der Waals surface area contributed by atoms with Gasteiger partial charge < -0.3 is 10.1 Å². The Kier molecular flexibility index (Phi) is 8.31. The summed E-state index contributed by atoms with van der Waals surface area (Å²) in [6.07, 6.45) is -3.77. The smallest absolute Gasteiger partial charge is 0.416 e. The summed E-state index contributed by atoms with van der Waals surface area (Å²) in [5.74, 6) is -0.792. The van der Waals surface area contributed by atoms with E-state index < -0.39 is 28.8 Å². The Labute approximate surface area is 228 Å². The highest BCUT2D eigenvalue weighted by molar-refractivity contribution is 8.05. The minimum absolute atomic E-state index is 0.0205. The number of aryl methyl sites for hydroxylation is 1. The zero-order chi connectivity index (χ0) is 28.2. The number of nitriles is 1. The predicted octanol–water partition coefficient (Wildman–Crippen LogP) is 6.34. The Morgan fingerprint density at radius 1 is 1.08 bits per heavy atom. The van der Waals surface area contributed by atoms with Crippen LogP contribution in [0.15, 0.2) is 83.4 Å². The Morgan fingerprint density at radius 2 is 1.79 bits per heavy atom. The van der Waals surface area contributed by atoms with Crippen LogP contribution in [0.5, 0.6) is 5.75 Å². The van der Waals surface area contributed by atoms with E-state index in [1.165, 1.54) is 24.1 Å². The summed E-state index contributed by atoms with van der Waals surface area (Å²) >= 11 is 0.982. The first-order valence-corrected chi connectivity index (χ1v) is 12.9. The van der Waals surface area contributed by atoms with Crippen molar-refractivity contribution in [2.75, 3.05) is 17.3 Å². The van der Waals surface area contributed by atoms with Crippen molar-refractivity contribution in [2.24, 2.45) is 0 Å². The van der Waals surface area contributed by atoms with Gasteiger partial charge in [-0.3, -0.25) is 14.5 Å². The molecule has 1 heterocycles. The number of anilines is 2. The summed E-state index contributed by atoms with van der Waals surface area (Å²) in [6, 6.07) is 20.5. The van der Waals surface area contributed by atoms with E-state index in [4.69, 9.17) is 4.74 Å². The number of carbonyl (C=O) groups excluding carboxylic acids is 2. The summed E-state index contributed by atoms with van der Waals surface area (Å²) in [4.78, 5) is 28.2. The molecule has 200 valence electrons. The number of methoxy groups -OCH3 is 1. The number of benzene rings is 3. The highest BCUT2D eigenvalue weighted by Crippen LogP contribution is 2.42. The Balaban J connectivity index is 1.74. The maximum Gasteiger partial charge on any atom is 0.416 e. The van der Waals surface area contributed by atoms with Gasteiger partial charge in [0.25, 0.3) is 5.91 Å². The maximum atomic E-state index is 13.6. The Bertz CT molecular complexity index is 1460. The predicted molar refractivity (Wildman–Crippen MR) is 144 cm³/mol. The number of ether oxygens (including phenoxy) is 1. The number of hydrogen-bond donors (Lipinski definition) is 1. The molecule has 2 amide bonds. The van der Waals surface area contributed by atoms with Gasteiger partial charge in [0.05, 0.1) is 23.6 Å². The molecule has 0 aliphatic carbocycles. The van der Waals surface area contributed by atoms with Gasteiger partial charge in [0.1, 0.15) is 22.4 Å². The van der Waals surface area contributed by atoms with Gasteiger partial charge in [0, 0.05) is 5.69 Å². The molecule has 6 nitrogen and oxygen atoms in total. The van der Waals surface area contributed by atoms with Gasteiger partial charge in [-0.25, -0.2) is 0 Å². The standard InChI is InChI=1S/C29H24F3N3O3S/c1-3-18-11-13-21(14-12-18)35-27(37)25(16-19-7-6-8-20(15-19)29(30,31)32)39-28(35)22(17-33)26(36)34-23-9-4-5-10-24(23)38-2/h4-15,25H,3,16H2,1-2H3,(H,34,36)/b28-22-. The van der Waals surface area contributed by atoms with E-state index in [9.17, 15) is 28.0 Å². The zero-order valence-electron chi connectivity index (χ0n) is 21.1. The fraction of sp³-hybridized carbons (Fsp3) is 0.207. The van der Waals surface area contributed by atoms with Gasteiger partial charge in [0.2, 0.25) is 5.91 Å². The monoisotopic (exact) mass is 551 g/mol. The third kappa shape index (κ3) is 6.10. The summed E-state index contributed by atoms with van der Waals surface area (Å²) in [5.41, 5.74) is 1.02. The first kappa shape index (κ1) is 27.8. The number of para-hydroxylation sites is 2. The summed E-state index contributed by atoms with van der Waals surface area (Å²) in [6.45, 7) is 1.98. The second kappa shape index (κ2) is 11.7. The largest absolute Gasteiger partial charge is 0.495 e. The van der Waals surface area contributed by atoms with Crippen LogP contribution in [0.1, 0.15) is 23.6 Å². The van der Waals surface area contributed by atoms with Crippen LogP contribution in [0.25, 0.3) is 0 Å². The molecule has 1 aliphatic heterocycles. The molecule has 1 N–H and O–H groups in total. The van der Waals surface area contributed by atoms with Crippen molar-refractivity contribution in [3.8, 4) is 11.8 Å². The zero-order valence-corrected chi connectivity index (χ0v) is 21.9. The molecule has 3 aromatic rings. The first-order valence-electron chi connectivity index (χ1n) is 12.0. The molecule has 1 fully saturated rings. The summed E-state index contributed by atoms with van der Waals surface area (Å²) in [5, 5.41) is 11.9. The molecule has 4 rings (SSSR count). The van der Waals surface area contributed by atoms with Crippen molar-refractivity contribution in [3.63, 3.8) is 0 Å². The van der Waals surface area contributed by atoms with Crippen molar-refractivity contribution in [3.05, 3.63) is 100 Å². The molecule has 1 saturated heterocycles. The van der Waals surface area contributed by atoms with Crippen molar-refractivity contribution in [1.82, 2.24) is 0 Å². The van der Waals surface area contributed by atoms with Crippen LogP contribution in [-0.2, 0) is 28.6 Å². The van der Waals surface area contributed by atoms with E-state index in [0.717, 1.165) is 35.9 Å². The van der Waals surface area contributed by atoms with E-state index >= 15 is 0 Å². The van der Waals surface area contributed by atoms with Gasteiger partial charge in [-0.15, -0.1) is 0 Å². The number of carbonyl (C=O) groups is 2. The van der Waals surface area contributed by atoms with Crippen LogP contribution in [0.4, 0.5) is 24.5 Å². The van der Waals surface area contributed by atoms with E-state index in [1.807, 2.05) is 25.1 Å². The normalized spacial score (nSPS) is 16.6. The molecule has 39 heavy (non-hydrogen) atoms. The van der Waals surface area contributed by atoms with Crippen molar-refractivity contribution < 1.29 is 27.5 Å². The third-order valence-corrected chi connectivity index (χ3v) is 7.40.